The molecule has 0 N–H and O–H groups in total. The Kier molecular flexibility index (Phi) is 5.06. The molecule has 30 heavy (non-hydrogen) atoms. The number of ether oxygens (including phenoxy) is 1. The molecule has 2 heterocycles. The van der Waals surface area contributed by atoms with Crippen LogP contribution in [0.15, 0.2) is 60.2 Å². The van der Waals surface area contributed by atoms with E-state index in [1.165, 1.54) is 36.0 Å². The van der Waals surface area contributed by atoms with Crippen molar-refractivity contribution in [1.29, 1.82) is 0 Å². The van der Waals surface area contributed by atoms with Crippen LogP contribution in [0.1, 0.15) is 44.0 Å². The molecule has 1 saturated carbocycles. The van der Waals surface area contributed by atoms with Crippen molar-refractivity contribution in [3.63, 3.8) is 0 Å². The van der Waals surface area contributed by atoms with Gasteiger partial charge in [0, 0.05) is 17.2 Å². The van der Waals surface area contributed by atoms with Gasteiger partial charge < -0.3 is 4.74 Å². The Morgan fingerprint density at radius 2 is 1.93 bits per heavy atom. The van der Waals surface area contributed by atoms with Crippen LogP contribution < -0.4 is 0 Å². The number of benzene rings is 1. The van der Waals surface area contributed by atoms with Gasteiger partial charge in [-0.2, -0.15) is 0 Å². The first-order valence-corrected chi connectivity index (χ1v) is 11.2. The average Bonchev–Trinajstić information content (AvgIpc) is 3.05. The summed E-state index contributed by atoms with van der Waals surface area (Å²) >= 11 is 0. The molecule has 1 aromatic heterocycles. The molecule has 5 atom stereocenters. The van der Waals surface area contributed by atoms with Crippen LogP contribution in [-0.2, 0) is 9.53 Å². The van der Waals surface area contributed by atoms with Gasteiger partial charge in [-0.3, -0.25) is 9.78 Å². The summed E-state index contributed by atoms with van der Waals surface area (Å²) in [5.41, 5.74) is 5.86. The van der Waals surface area contributed by atoms with Gasteiger partial charge in [-0.15, -0.1) is 0 Å². The topological polar surface area (TPSA) is 39.2 Å². The highest BCUT2D eigenvalue weighted by molar-refractivity contribution is 5.78. The molecule has 3 aliphatic rings. The highest BCUT2D eigenvalue weighted by Crippen LogP contribution is 2.50. The number of nitrogens with zero attached hydrogens (tertiary/aromatic N) is 1. The quantitative estimate of drug-likeness (QED) is 0.470. The summed E-state index contributed by atoms with van der Waals surface area (Å²) in [5, 5.41) is 0. The van der Waals surface area contributed by atoms with Crippen molar-refractivity contribution in [1.82, 2.24) is 4.98 Å². The molecule has 5 rings (SSSR count). The van der Waals surface area contributed by atoms with Gasteiger partial charge in [0.2, 0.25) is 0 Å². The smallest absolute Gasteiger partial charge is 0.313 e. The molecular formula is C27H29NO2. The fourth-order valence-corrected chi connectivity index (χ4v) is 5.80. The van der Waals surface area contributed by atoms with E-state index in [1.807, 2.05) is 6.07 Å². The van der Waals surface area contributed by atoms with Crippen molar-refractivity contribution in [2.75, 3.05) is 0 Å². The summed E-state index contributed by atoms with van der Waals surface area (Å²) < 4.78 is 5.65. The minimum absolute atomic E-state index is 0.0213. The predicted molar refractivity (Wildman–Crippen MR) is 120 cm³/mol. The van der Waals surface area contributed by atoms with Crippen molar-refractivity contribution < 1.29 is 9.53 Å². The summed E-state index contributed by atoms with van der Waals surface area (Å²) in [7, 11) is 0. The van der Waals surface area contributed by atoms with Gasteiger partial charge in [0.15, 0.2) is 0 Å². The minimum Gasteiger partial charge on any atom is -0.462 e. The zero-order valence-corrected chi connectivity index (χ0v) is 17.8. The summed E-state index contributed by atoms with van der Waals surface area (Å²) in [4.78, 5) is 17.3. The van der Waals surface area contributed by atoms with E-state index in [1.54, 1.807) is 0 Å². The molecule has 3 nitrogen and oxygen atoms in total. The summed E-state index contributed by atoms with van der Waals surface area (Å²) in [6.45, 7) is 4.13. The third-order valence-corrected chi connectivity index (χ3v) is 7.22. The van der Waals surface area contributed by atoms with Gasteiger partial charge in [-0.25, -0.2) is 0 Å². The number of rotatable bonds is 3. The van der Waals surface area contributed by atoms with Crippen LogP contribution in [0.4, 0.5) is 0 Å². The molecule has 0 spiro atoms. The number of aromatic nitrogens is 1. The number of fused-ring (bicyclic) bond motifs is 2. The number of pyridine rings is 1. The maximum Gasteiger partial charge on any atom is 0.313 e. The van der Waals surface area contributed by atoms with E-state index in [0.29, 0.717) is 11.8 Å². The van der Waals surface area contributed by atoms with Crippen molar-refractivity contribution in [3.05, 3.63) is 71.6 Å². The molecule has 2 aliphatic carbocycles. The first kappa shape index (κ1) is 19.3. The predicted octanol–water partition coefficient (Wildman–Crippen LogP) is 5.99. The second-order valence-corrected chi connectivity index (χ2v) is 9.01. The first-order valence-electron chi connectivity index (χ1n) is 11.2. The number of cyclic esters (lactones) is 1. The zero-order valence-electron chi connectivity index (χ0n) is 17.8. The molecule has 2 aromatic rings. The average molecular weight is 400 g/mol. The number of allylic oxidation sites excluding steroid dienone is 2. The van der Waals surface area contributed by atoms with Crippen LogP contribution in [0, 0.1) is 30.6 Å². The van der Waals surface area contributed by atoms with Crippen molar-refractivity contribution in [3.8, 4) is 11.1 Å². The van der Waals surface area contributed by atoms with E-state index in [2.05, 4.69) is 68.5 Å². The largest absolute Gasteiger partial charge is 0.462 e. The number of esters is 1. The summed E-state index contributed by atoms with van der Waals surface area (Å²) in [5.74, 6) is 1.01. The molecule has 0 bridgehead atoms. The number of carbonyl (C=O) groups is 1. The molecule has 1 aliphatic heterocycles. The summed E-state index contributed by atoms with van der Waals surface area (Å²) in [6.07, 6.45) is 11.6. The van der Waals surface area contributed by atoms with E-state index in [0.717, 1.165) is 17.8 Å². The fourth-order valence-electron chi connectivity index (χ4n) is 5.80. The lowest BCUT2D eigenvalue weighted by atomic mass is 9.62. The Balaban J connectivity index is 1.44. The second kappa shape index (κ2) is 7.86. The Labute approximate surface area is 178 Å². The number of aryl methyl sites for hydroxylation is 1. The van der Waals surface area contributed by atoms with Crippen LogP contribution in [0.3, 0.4) is 0 Å². The Bertz CT molecular complexity index is 1010. The van der Waals surface area contributed by atoms with Gasteiger partial charge in [-0.1, -0.05) is 60.5 Å². The zero-order chi connectivity index (χ0) is 20.7. The Hall–Kier alpha value is -2.68. The molecule has 0 unspecified atom stereocenters. The molecular weight excluding hydrogens is 370 g/mol. The van der Waals surface area contributed by atoms with Gasteiger partial charge >= 0.3 is 5.97 Å². The highest BCUT2D eigenvalue weighted by Gasteiger charge is 2.50. The number of carbonyl (C=O) groups excluding carboxylic acids is 1. The van der Waals surface area contributed by atoms with Crippen LogP contribution in [0.25, 0.3) is 17.2 Å². The SMILES string of the molecule is Cc1nc(/C=C/[C@@H]2[C@@H]3[C@@H](C)OC(=O)[C@@H]3C=C3CCCC[C@H]32)ccc1-c1ccccc1. The van der Waals surface area contributed by atoms with E-state index in [-0.39, 0.29) is 23.9 Å². The van der Waals surface area contributed by atoms with Crippen molar-refractivity contribution in [2.45, 2.75) is 45.6 Å². The standard InChI is InChI=1S/C27H29NO2/c1-17-22(19-8-4-3-5-9-19)14-12-21(28-17)13-15-24-23-11-7-6-10-20(23)16-25-26(24)18(2)30-27(25)29/h3-5,8-9,12-16,18,23-26H,6-7,10-11H2,1-2H3/b15-13+/t18-,23-,24+,25-,26+/m1/s1. The molecule has 2 fully saturated rings. The second-order valence-electron chi connectivity index (χ2n) is 9.01. The molecule has 3 heteroatoms. The lowest BCUT2D eigenvalue weighted by Gasteiger charge is -2.40. The van der Waals surface area contributed by atoms with Gasteiger partial charge in [-0.05, 0) is 62.7 Å². The van der Waals surface area contributed by atoms with Gasteiger partial charge in [0.25, 0.3) is 0 Å². The third-order valence-electron chi connectivity index (χ3n) is 7.22. The first-order chi connectivity index (χ1) is 14.6. The van der Waals surface area contributed by atoms with Crippen LogP contribution >= 0.6 is 0 Å². The maximum atomic E-state index is 12.4. The lowest BCUT2D eigenvalue weighted by molar-refractivity contribution is -0.142. The molecule has 1 aromatic carbocycles. The van der Waals surface area contributed by atoms with E-state index >= 15 is 0 Å². The van der Waals surface area contributed by atoms with E-state index < -0.39 is 0 Å². The van der Waals surface area contributed by atoms with Crippen LogP contribution in [-0.4, -0.2) is 17.1 Å². The fraction of sp³-hybridized carbons (Fsp3) is 0.407. The molecule has 154 valence electrons. The summed E-state index contributed by atoms with van der Waals surface area (Å²) in [6, 6.07) is 14.7. The van der Waals surface area contributed by atoms with E-state index in [9.17, 15) is 4.79 Å². The normalized spacial score (nSPS) is 30.5. The number of hydrogen-bond donors (Lipinski definition) is 0. The van der Waals surface area contributed by atoms with Gasteiger partial charge in [0.1, 0.15) is 6.10 Å². The number of hydrogen-bond acceptors (Lipinski definition) is 3. The molecule has 0 radical (unpaired) electrons. The highest BCUT2D eigenvalue weighted by atomic mass is 16.6. The monoisotopic (exact) mass is 399 g/mol. The molecule has 0 amide bonds. The Morgan fingerprint density at radius 1 is 1.10 bits per heavy atom. The van der Waals surface area contributed by atoms with Crippen molar-refractivity contribution in [2.24, 2.45) is 23.7 Å². The minimum atomic E-state index is -0.0749. The Morgan fingerprint density at radius 3 is 2.73 bits per heavy atom. The third kappa shape index (κ3) is 3.40. The van der Waals surface area contributed by atoms with Crippen LogP contribution in [0.5, 0.6) is 0 Å². The maximum absolute atomic E-state index is 12.4. The lowest BCUT2D eigenvalue weighted by Crippen LogP contribution is -2.37. The molecule has 1 saturated heterocycles. The van der Waals surface area contributed by atoms with Crippen LogP contribution in [0.2, 0.25) is 0 Å². The van der Waals surface area contributed by atoms with Crippen molar-refractivity contribution >= 4 is 12.0 Å². The van der Waals surface area contributed by atoms with Gasteiger partial charge in [0.05, 0.1) is 11.6 Å². The van der Waals surface area contributed by atoms with E-state index in [4.69, 9.17) is 9.72 Å².